The van der Waals surface area contributed by atoms with Gasteiger partial charge in [-0.15, -0.1) is 0 Å². The summed E-state index contributed by atoms with van der Waals surface area (Å²) in [6.45, 7) is 1.60. The van der Waals surface area contributed by atoms with Crippen LogP contribution in [0.4, 0.5) is 10.3 Å². The van der Waals surface area contributed by atoms with Crippen LogP contribution in [0.2, 0.25) is 0 Å². The SMILES string of the molecule is O=C(Nc1nc2ccccc2s1)C1CC(=O)N(CCCN2CC(C(=O)Nc3nc4ccccc4s3)CC2=O)C1. The van der Waals surface area contributed by atoms with E-state index >= 15 is 0 Å². The molecule has 200 valence electrons. The molecule has 0 bridgehead atoms. The van der Waals surface area contributed by atoms with Gasteiger partial charge in [0.05, 0.1) is 32.3 Å². The van der Waals surface area contributed by atoms with E-state index < -0.39 is 11.8 Å². The summed E-state index contributed by atoms with van der Waals surface area (Å²) in [6, 6.07) is 15.3. The van der Waals surface area contributed by atoms with Gasteiger partial charge in [-0.05, 0) is 30.7 Å². The summed E-state index contributed by atoms with van der Waals surface area (Å²) in [4.78, 5) is 62.9. The van der Waals surface area contributed by atoms with Crippen LogP contribution < -0.4 is 10.6 Å². The number of fused-ring (bicyclic) bond motifs is 2. The van der Waals surface area contributed by atoms with Crippen molar-refractivity contribution in [3.8, 4) is 0 Å². The molecule has 2 fully saturated rings. The van der Waals surface area contributed by atoms with E-state index in [1.807, 2.05) is 48.5 Å². The average Bonchev–Trinajstić information content (AvgIpc) is 3.69. The van der Waals surface area contributed by atoms with Crippen LogP contribution in [0.5, 0.6) is 0 Å². The fraction of sp³-hybridized carbons (Fsp3) is 0.333. The van der Waals surface area contributed by atoms with Gasteiger partial charge in [0, 0.05) is 39.0 Å². The summed E-state index contributed by atoms with van der Waals surface area (Å²) >= 11 is 2.81. The van der Waals surface area contributed by atoms with Gasteiger partial charge in [0.15, 0.2) is 10.3 Å². The van der Waals surface area contributed by atoms with Crippen LogP contribution >= 0.6 is 22.7 Å². The molecule has 0 saturated carbocycles. The van der Waals surface area contributed by atoms with Gasteiger partial charge in [-0.25, -0.2) is 9.97 Å². The summed E-state index contributed by atoms with van der Waals surface area (Å²) in [5, 5.41) is 6.77. The van der Waals surface area contributed by atoms with E-state index in [1.54, 1.807) is 9.80 Å². The Balaban J connectivity index is 0.962. The molecule has 2 saturated heterocycles. The third-order valence-corrected chi connectivity index (χ3v) is 8.98. The van der Waals surface area contributed by atoms with Crippen molar-refractivity contribution in [2.45, 2.75) is 19.3 Å². The quantitative estimate of drug-likeness (QED) is 0.338. The second-order valence-electron chi connectivity index (χ2n) is 9.79. The van der Waals surface area contributed by atoms with E-state index in [0.717, 1.165) is 20.4 Å². The summed E-state index contributed by atoms with van der Waals surface area (Å²) in [5.41, 5.74) is 1.66. The highest BCUT2D eigenvalue weighted by molar-refractivity contribution is 7.22. The van der Waals surface area contributed by atoms with E-state index in [2.05, 4.69) is 20.6 Å². The lowest BCUT2D eigenvalue weighted by atomic mass is 10.1. The maximum absolute atomic E-state index is 12.8. The fourth-order valence-electron chi connectivity index (χ4n) is 5.05. The molecule has 2 aromatic heterocycles. The molecular formula is C27H26N6O4S2. The molecular weight excluding hydrogens is 536 g/mol. The van der Waals surface area contributed by atoms with Crippen molar-refractivity contribution < 1.29 is 19.2 Å². The Morgan fingerprint density at radius 1 is 0.744 bits per heavy atom. The van der Waals surface area contributed by atoms with Gasteiger partial charge in [0.25, 0.3) is 0 Å². The summed E-state index contributed by atoms with van der Waals surface area (Å²) < 4.78 is 1.98. The molecule has 2 aliphatic rings. The lowest BCUT2D eigenvalue weighted by molar-refractivity contribution is -0.129. The Bertz CT molecular complexity index is 1400. The molecule has 0 radical (unpaired) electrons. The number of hydrogen-bond donors (Lipinski definition) is 2. The molecule has 2 aliphatic heterocycles. The first-order chi connectivity index (χ1) is 18.9. The van der Waals surface area contributed by atoms with Gasteiger partial charge in [-0.1, -0.05) is 46.9 Å². The van der Waals surface area contributed by atoms with E-state index in [-0.39, 0.29) is 36.5 Å². The summed E-state index contributed by atoms with van der Waals surface area (Å²) in [6.07, 6.45) is 0.899. The number of nitrogens with zero attached hydrogens (tertiary/aromatic N) is 4. The Labute approximate surface area is 232 Å². The number of carbonyl (C=O) groups is 4. The van der Waals surface area contributed by atoms with Crippen molar-refractivity contribution in [3.63, 3.8) is 0 Å². The monoisotopic (exact) mass is 562 g/mol. The highest BCUT2D eigenvalue weighted by Gasteiger charge is 2.36. The molecule has 2 aromatic carbocycles. The van der Waals surface area contributed by atoms with Crippen LogP contribution in [0.3, 0.4) is 0 Å². The second kappa shape index (κ2) is 10.7. The number of nitrogens with one attached hydrogen (secondary N) is 2. The van der Waals surface area contributed by atoms with Crippen molar-refractivity contribution in [1.82, 2.24) is 19.8 Å². The summed E-state index contributed by atoms with van der Waals surface area (Å²) in [5.74, 6) is -1.43. The maximum atomic E-state index is 12.8. The second-order valence-corrected chi connectivity index (χ2v) is 11.8. The molecule has 2 N–H and O–H groups in total. The third kappa shape index (κ3) is 5.48. The average molecular weight is 563 g/mol. The topological polar surface area (TPSA) is 125 Å². The number of rotatable bonds is 8. The lowest BCUT2D eigenvalue weighted by Crippen LogP contribution is -2.33. The Morgan fingerprint density at radius 3 is 1.62 bits per heavy atom. The van der Waals surface area contributed by atoms with Crippen molar-refractivity contribution in [1.29, 1.82) is 0 Å². The predicted molar refractivity (Wildman–Crippen MR) is 150 cm³/mol. The predicted octanol–water partition coefficient (Wildman–Crippen LogP) is 3.57. The molecule has 2 atom stereocenters. The largest absolute Gasteiger partial charge is 0.342 e. The molecule has 4 aromatic rings. The van der Waals surface area contributed by atoms with E-state index in [1.165, 1.54) is 22.7 Å². The molecule has 4 amide bonds. The van der Waals surface area contributed by atoms with E-state index in [9.17, 15) is 19.2 Å². The van der Waals surface area contributed by atoms with Crippen LogP contribution in [0.1, 0.15) is 19.3 Å². The number of thiazole rings is 2. The maximum Gasteiger partial charge on any atom is 0.231 e. The number of benzene rings is 2. The van der Waals surface area contributed by atoms with Crippen LogP contribution in [0.15, 0.2) is 48.5 Å². The zero-order chi connectivity index (χ0) is 26.9. The fourth-order valence-corrected chi connectivity index (χ4v) is 6.78. The van der Waals surface area contributed by atoms with Gasteiger partial charge < -0.3 is 20.4 Å². The summed E-state index contributed by atoms with van der Waals surface area (Å²) in [7, 11) is 0. The van der Waals surface area contributed by atoms with Crippen LogP contribution in [0.25, 0.3) is 20.4 Å². The zero-order valence-corrected chi connectivity index (χ0v) is 22.6. The van der Waals surface area contributed by atoms with Crippen molar-refractivity contribution in [2.75, 3.05) is 36.8 Å². The third-order valence-electron chi connectivity index (χ3n) is 7.07. The Morgan fingerprint density at radius 2 is 1.18 bits per heavy atom. The standard InChI is InChI=1S/C27H26N6O4S2/c34-22-12-16(24(36)30-26-28-18-6-1-3-8-20(18)38-26)14-32(22)10-5-11-33-15-17(13-23(33)35)25(37)31-27-29-19-7-2-4-9-21(19)39-27/h1-4,6-9,16-17H,5,10-15H2,(H,28,30,36)(H,29,31,37). The number of likely N-dealkylation sites (tertiary alicyclic amines) is 2. The Hall–Kier alpha value is -3.90. The first kappa shape index (κ1) is 25.4. The number of carbonyl (C=O) groups excluding carboxylic acids is 4. The first-order valence-corrected chi connectivity index (χ1v) is 14.4. The lowest BCUT2D eigenvalue weighted by Gasteiger charge is -2.20. The minimum atomic E-state index is -0.437. The highest BCUT2D eigenvalue weighted by atomic mass is 32.1. The Kier molecular flexibility index (Phi) is 6.96. The van der Waals surface area contributed by atoms with Crippen molar-refractivity contribution in [3.05, 3.63) is 48.5 Å². The molecule has 2 unspecified atom stereocenters. The van der Waals surface area contributed by atoms with Gasteiger partial charge in [0.2, 0.25) is 23.6 Å². The van der Waals surface area contributed by atoms with E-state index in [0.29, 0.717) is 42.9 Å². The van der Waals surface area contributed by atoms with Crippen molar-refractivity contribution in [2.24, 2.45) is 11.8 Å². The minimum absolute atomic E-state index is 0.0692. The molecule has 0 aliphatic carbocycles. The number of para-hydroxylation sites is 2. The van der Waals surface area contributed by atoms with Crippen LogP contribution in [-0.2, 0) is 19.2 Å². The normalized spacial score (nSPS) is 19.4. The molecule has 0 spiro atoms. The first-order valence-electron chi connectivity index (χ1n) is 12.8. The number of anilines is 2. The number of hydrogen-bond acceptors (Lipinski definition) is 8. The molecule has 6 rings (SSSR count). The number of aromatic nitrogens is 2. The highest BCUT2D eigenvalue weighted by Crippen LogP contribution is 2.29. The smallest absolute Gasteiger partial charge is 0.231 e. The van der Waals surface area contributed by atoms with Crippen LogP contribution in [0, 0.1) is 11.8 Å². The van der Waals surface area contributed by atoms with Gasteiger partial charge in [0.1, 0.15) is 0 Å². The zero-order valence-electron chi connectivity index (χ0n) is 21.0. The van der Waals surface area contributed by atoms with Crippen molar-refractivity contribution >= 4 is 77.0 Å². The molecule has 39 heavy (non-hydrogen) atoms. The van der Waals surface area contributed by atoms with Gasteiger partial charge >= 0.3 is 0 Å². The van der Waals surface area contributed by atoms with E-state index in [4.69, 9.17) is 0 Å². The molecule has 4 heterocycles. The molecule has 10 nitrogen and oxygen atoms in total. The van der Waals surface area contributed by atoms with Gasteiger partial charge in [-0.2, -0.15) is 0 Å². The molecule has 12 heteroatoms. The minimum Gasteiger partial charge on any atom is -0.342 e. The van der Waals surface area contributed by atoms with Crippen LogP contribution in [-0.4, -0.2) is 69.6 Å². The van der Waals surface area contributed by atoms with Gasteiger partial charge in [-0.3, -0.25) is 19.2 Å². The number of amides is 4.